The number of piperidine rings is 2. The lowest BCUT2D eigenvalue weighted by Gasteiger charge is -2.54. The number of carbonyl (C=O) groups is 4. The second kappa shape index (κ2) is 10.2. The maximum atomic E-state index is 15.3. The van der Waals surface area contributed by atoms with Crippen molar-refractivity contribution in [2.24, 2.45) is 11.8 Å². The zero-order valence-corrected chi connectivity index (χ0v) is 20.2. The van der Waals surface area contributed by atoms with Crippen LogP contribution in [-0.4, -0.2) is 65.7 Å². The van der Waals surface area contributed by atoms with Crippen LogP contribution in [0.2, 0.25) is 5.02 Å². The Morgan fingerprint density at radius 2 is 1.95 bits per heavy atom. The number of halogens is 6. The summed E-state index contributed by atoms with van der Waals surface area (Å²) in [6, 6.07) is -0.585. The maximum absolute atomic E-state index is 15.3. The van der Waals surface area contributed by atoms with Gasteiger partial charge in [0.2, 0.25) is 11.8 Å². The summed E-state index contributed by atoms with van der Waals surface area (Å²) in [5.74, 6) is -14.7. The van der Waals surface area contributed by atoms with Gasteiger partial charge in [0.1, 0.15) is 12.7 Å². The van der Waals surface area contributed by atoms with Crippen LogP contribution < -0.4 is 10.6 Å². The van der Waals surface area contributed by atoms with Crippen LogP contribution in [0.25, 0.3) is 0 Å². The molecule has 7 nitrogen and oxygen atoms in total. The molecule has 37 heavy (non-hydrogen) atoms. The molecule has 1 aromatic carbocycles. The largest absolute Gasteiger partial charge is 0.356 e. The Labute approximate surface area is 214 Å². The van der Waals surface area contributed by atoms with Gasteiger partial charge in [0.25, 0.3) is 11.8 Å². The van der Waals surface area contributed by atoms with E-state index in [1.807, 2.05) is 0 Å². The van der Waals surface area contributed by atoms with Crippen LogP contribution in [0.5, 0.6) is 0 Å². The quantitative estimate of drug-likeness (QED) is 0.488. The molecule has 3 amide bonds. The molecule has 0 spiro atoms. The topological polar surface area (TPSA) is 95.6 Å². The predicted octanol–water partition coefficient (Wildman–Crippen LogP) is 3.00. The van der Waals surface area contributed by atoms with Crippen molar-refractivity contribution in [3.05, 3.63) is 34.9 Å². The minimum atomic E-state index is -4.19. The van der Waals surface area contributed by atoms with Crippen molar-refractivity contribution < 1.29 is 41.1 Å². The monoisotopic (exact) mass is 549 g/mol. The van der Waals surface area contributed by atoms with Crippen LogP contribution >= 0.6 is 11.6 Å². The second-order valence-corrected chi connectivity index (χ2v) is 10.2. The fraction of sp³-hybridized carbons (Fsp3) is 0.583. The van der Waals surface area contributed by atoms with E-state index in [1.54, 1.807) is 0 Å². The first-order chi connectivity index (χ1) is 17.4. The molecule has 0 radical (unpaired) electrons. The molecule has 5 rings (SSSR count). The van der Waals surface area contributed by atoms with Gasteiger partial charge < -0.3 is 15.5 Å². The van der Waals surface area contributed by atoms with Crippen molar-refractivity contribution in [2.45, 2.75) is 62.1 Å². The molecule has 13 heteroatoms. The Bertz CT molecular complexity index is 1100. The van der Waals surface area contributed by atoms with Gasteiger partial charge in [0, 0.05) is 35.5 Å². The first-order valence-corrected chi connectivity index (χ1v) is 12.3. The van der Waals surface area contributed by atoms with E-state index in [0.717, 1.165) is 12.1 Å². The van der Waals surface area contributed by atoms with E-state index >= 15 is 8.78 Å². The molecule has 0 aromatic heterocycles. The first-order valence-electron chi connectivity index (χ1n) is 11.9. The van der Waals surface area contributed by atoms with Crippen LogP contribution in [0.3, 0.4) is 0 Å². The number of nitrogens with one attached hydrogen (secondary N) is 2. The minimum Gasteiger partial charge on any atom is -0.356 e. The van der Waals surface area contributed by atoms with E-state index in [-0.39, 0.29) is 24.3 Å². The van der Waals surface area contributed by atoms with Crippen molar-refractivity contribution in [1.82, 2.24) is 15.5 Å². The summed E-state index contributed by atoms with van der Waals surface area (Å²) in [6.45, 7) is -1.19. The number of hydrogen-bond acceptors (Lipinski definition) is 4. The third-order valence-corrected chi connectivity index (χ3v) is 7.65. The van der Waals surface area contributed by atoms with Gasteiger partial charge >= 0.3 is 5.92 Å². The van der Waals surface area contributed by atoms with Gasteiger partial charge in [-0.1, -0.05) is 23.7 Å². The first kappa shape index (κ1) is 27.3. The molecule has 3 aliphatic heterocycles. The van der Waals surface area contributed by atoms with Gasteiger partial charge in [-0.2, -0.15) is 8.78 Å². The highest BCUT2D eigenvalue weighted by atomic mass is 35.5. The van der Waals surface area contributed by atoms with Crippen molar-refractivity contribution in [3.63, 3.8) is 0 Å². The molecule has 2 N–H and O–H groups in total. The minimum absolute atomic E-state index is 0.0174. The highest BCUT2D eigenvalue weighted by Crippen LogP contribution is 2.50. The molecule has 4 aliphatic rings. The number of alkyl halides is 5. The Kier molecular flexibility index (Phi) is 7.51. The molecule has 3 saturated heterocycles. The number of hydrogen-bond donors (Lipinski definition) is 2. The van der Waals surface area contributed by atoms with E-state index in [2.05, 4.69) is 10.6 Å². The van der Waals surface area contributed by atoms with Crippen LogP contribution in [0.4, 0.5) is 22.0 Å². The zero-order valence-electron chi connectivity index (χ0n) is 19.5. The Hall–Kier alpha value is -2.76. The Morgan fingerprint density at radius 1 is 1.22 bits per heavy atom. The smallest absolute Gasteiger partial charge is 0.350 e. The average Bonchev–Trinajstić information content (AvgIpc) is 3.25. The van der Waals surface area contributed by atoms with E-state index in [9.17, 15) is 32.3 Å². The molecule has 0 unspecified atom stereocenters. The number of nitrogens with zero attached hydrogens (tertiary/aromatic N) is 1. The van der Waals surface area contributed by atoms with Crippen LogP contribution in [-0.2, 0) is 25.1 Å². The van der Waals surface area contributed by atoms with E-state index in [0.29, 0.717) is 17.9 Å². The number of fused-ring (bicyclic) bond motifs is 3. The van der Waals surface area contributed by atoms with Crippen molar-refractivity contribution in [2.75, 3.05) is 13.2 Å². The summed E-state index contributed by atoms with van der Waals surface area (Å²) in [5, 5.41) is 4.65. The van der Waals surface area contributed by atoms with E-state index in [1.165, 1.54) is 12.1 Å². The molecule has 1 aromatic rings. The molecule has 3 heterocycles. The lowest BCUT2D eigenvalue weighted by Crippen LogP contribution is -2.70. The fourth-order valence-electron chi connectivity index (χ4n) is 5.54. The zero-order chi connectivity index (χ0) is 27.1. The van der Waals surface area contributed by atoms with Gasteiger partial charge in [-0.05, 0) is 37.8 Å². The summed E-state index contributed by atoms with van der Waals surface area (Å²) >= 11 is 5.79. The summed E-state index contributed by atoms with van der Waals surface area (Å²) in [7, 11) is 0. The molecule has 4 fully saturated rings. The number of rotatable bonds is 8. The maximum Gasteiger partial charge on any atom is 0.350 e. The number of benzene rings is 1. The average molecular weight is 550 g/mol. The van der Waals surface area contributed by atoms with E-state index in [4.69, 9.17) is 11.6 Å². The van der Waals surface area contributed by atoms with E-state index < -0.39 is 84.0 Å². The molecule has 2 bridgehead atoms. The third kappa shape index (κ3) is 5.17. The lowest BCUT2D eigenvalue weighted by molar-refractivity contribution is -0.207. The molecule has 1 saturated carbocycles. The molecule has 1 aliphatic carbocycles. The SMILES string of the molecule is O=C1NCC[C@H]1C[C@H](NC(=O)[C@@H]1[C@H]2CC[C@H](CC2(F)F)N1C(=O)C(F)(F)c1cccc(Cl)c1)C(=O)CF. The van der Waals surface area contributed by atoms with Crippen molar-refractivity contribution in [1.29, 1.82) is 0 Å². The Morgan fingerprint density at radius 3 is 2.54 bits per heavy atom. The molecule has 202 valence electrons. The van der Waals surface area contributed by atoms with Gasteiger partial charge in [0.05, 0.1) is 12.0 Å². The number of Topliss-reactive ketones (excluding diaryl/α,β-unsaturated/α-hetero) is 1. The van der Waals surface area contributed by atoms with Gasteiger partial charge in [-0.3, -0.25) is 19.2 Å². The predicted molar refractivity (Wildman–Crippen MR) is 121 cm³/mol. The van der Waals surface area contributed by atoms with Gasteiger partial charge in [-0.25, -0.2) is 13.2 Å². The standard InChI is InChI=1S/C24H25ClF5N3O4/c25-14-3-1-2-13(9-14)24(29,30)22(37)33-15-4-5-16(23(27,28)10-15)19(33)21(36)32-17(18(34)11-26)8-12-6-7-31-20(12)35/h1-3,9,12,15-17,19H,4-8,10-11H2,(H,31,35)(H,32,36)/t12-,15+,16+,17-,19-/m0/s1. The highest BCUT2D eigenvalue weighted by Gasteiger charge is 2.63. The second-order valence-electron chi connectivity index (χ2n) is 9.72. The highest BCUT2D eigenvalue weighted by molar-refractivity contribution is 6.30. The number of ketones is 1. The van der Waals surface area contributed by atoms with Crippen LogP contribution in [0.1, 0.15) is 37.7 Å². The molecular formula is C24H25ClF5N3O4. The van der Waals surface area contributed by atoms with Crippen molar-refractivity contribution in [3.8, 4) is 0 Å². The summed E-state index contributed by atoms with van der Waals surface area (Å²) < 4.78 is 73.6. The summed E-state index contributed by atoms with van der Waals surface area (Å²) in [6.07, 6.45) is -1.10. The van der Waals surface area contributed by atoms with Gasteiger partial charge in [0.15, 0.2) is 5.78 Å². The van der Waals surface area contributed by atoms with Crippen LogP contribution in [0.15, 0.2) is 24.3 Å². The molecule has 5 atom stereocenters. The fourth-order valence-corrected chi connectivity index (χ4v) is 5.73. The number of carbonyl (C=O) groups excluding carboxylic acids is 4. The third-order valence-electron chi connectivity index (χ3n) is 7.41. The normalized spacial score (nSPS) is 27.5. The Balaban J connectivity index is 1.64. The lowest BCUT2D eigenvalue weighted by atomic mass is 9.71. The van der Waals surface area contributed by atoms with Gasteiger partial charge in [-0.15, -0.1) is 0 Å². The number of amides is 3. The van der Waals surface area contributed by atoms with Crippen molar-refractivity contribution >= 4 is 35.1 Å². The summed E-state index contributed by atoms with van der Waals surface area (Å²) in [4.78, 5) is 51.1. The summed E-state index contributed by atoms with van der Waals surface area (Å²) in [5.41, 5.74) is -0.768. The molecular weight excluding hydrogens is 525 g/mol. The van der Waals surface area contributed by atoms with Crippen LogP contribution in [0, 0.1) is 11.8 Å².